The Hall–Kier alpha value is -3.90. The van der Waals surface area contributed by atoms with Crippen LogP contribution in [0.5, 0.6) is 0 Å². The van der Waals surface area contributed by atoms with Gasteiger partial charge in [-0.3, -0.25) is 0 Å². The van der Waals surface area contributed by atoms with Gasteiger partial charge in [-0.25, -0.2) is 0 Å². The van der Waals surface area contributed by atoms with Crippen molar-refractivity contribution in [1.29, 1.82) is 0 Å². The molecule has 0 saturated heterocycles. The molecule has 7 aliphatic rings. The Kier molecular flexibility index (Phi) is 47.9. The van der Waals surface area contributed by atoms with Crippen molar-refractivity contribution in [2.24, 2.45) is 82.9 Å². The van der Waals surface area contributed by atoms with Crippen LogP contribution < -0.4 is 0 Å². The van der Waals surface area contributed by atoms with E-state index in [9.17, 15) is 0 Å². The van der Waals surface area contributed by atoms with Gasteiger partial charge in [-0.15, -0.1) is 13.2 Å². The fourth-order valence-electron chi connectivity index (χ4n) is 18.4. The van der Waals surface area contributed by atoms with Gasteiger partial charge in [-0.1, -0.05) is 257 Å². The SMILES string of the molecule is C=CC1CCCC1C=CCC.C=CC1CCCC1C=CCC.CC.CC=CC(C)=C(C)C=CCCC.CC=CC1C(C=CCC)CCC2C3CC(CC)CCC3CC12.CCC.CCCCc1c(C)c(CC)c(C)c(C)c1C1CC2CCC(CC)CC2C1.CCc1ccccc1C. The molecule has 0 amide bonds. The molecule has 96 heavy (non-hydrogen) atoms. The molecule has 0 radical (unpaired) electrons. The molecule has 0 aromatic heterocycles. The molecule has 0 aliphatic heterocycles. The number of hydrogen-bond donors (Lipinski definition) is 0. The van der Waals surface area contributed by atoms with E-state index >= 15 is 0 Å². The predicted octanol–water partition coefficient (Wildman–Crippen LogP) is 30.8. The fraction of sp³-hybridized carbons (Fsp3) is 0.688. The zero-order valence-corrected chi connectivity index (χ0v) is 67.7. The maximum absolute atomic E-state index is 3.87. The first-order valence-corrected chi connectivity index (χ1v) is 41.5. The maximum atomic E-state index is 3.87. The maximum Gasteiger partial charge on any atom is -0.0139 e. The fourth-order valence-corrected chi connectivity index (χ4v) is 18.4. The summed E-state index contributed by atoms with van der Waals surface area (Å²) < 4.78 is 0. The first-order valence-electron chi connectivity index (χ1n) is 41.5. The summed E-state index contributed by atoms with van der Waals surface area (Å²) in [6.45, 7) is 54.5. The Bertz CT molecular complexity index is 2540. The number of benzene rings is 2. The van der Waals surface area contributed by atoms with Crippen LogP contribution >= 0.6 is 0 Å². The van der Waals surface area contributed by atoms with Gasteiger partial charge in [0.25, 0.3) is 0 Å². The summed E-state index contributed by atoms with van der Waals surface area (Å²) in [7, 11) is 0. The lowest BCUT2D eigenvalue weighted by molar-refractivity contribution is 0.115. The molecule has 544 valence electrons. The third kappa shape index (κ3) is 29.0. The second kappa shape index (κ2) is 52.1. The van der Waals surface area contributed by atoms with Crippen LogP contribution in [0.15, 0.2) is 134 Å². The van der Waals surface area contributed by atoms with E-state index in [0.29, 0.717) is 0 Å². The van der Waals surface area contributed by atoms with Gasteiger partial charge in [0, 0.05) is 0 Å². The summed E-state index contributed by atoms with van der Waals surface area (Å²) in [4.78, 5) is 0. The summed E-state index contributed by atoms with van der Waals surface area (Å²) in [5.74, 6) is 13.9. The van der Waals surface area contributed by atoms with E-state index in [0.717, 1.165) is 95.2 Å². The number of allylic oxidation sites excluding steroid dienone is 16. The summed E-state index contributed by atoms with van der Waals surface area (Å²) in [5.41, 5.74) is 15.6. The average molecular weight is 1310 g/mol. The standard InChI is InChI=1S/C26H42.C22H36.C12H20.2C11H18.C9H12.C3H8.C2H6/c1-7-10-11-25-19(6)24(9-3)17(4)18(5)26(25)23-15-21-13-12-20(8-2)14-22(21)16-23;1-4-7-9-17-12-13-20-21-14-16(6-3)10-11-18(21)15-22(20)19(17)8-5-2;1-5-7-8-10-12(4)11(3)9-6-2;2*1-3-5-7-11-9-6-8-10(11)4-2;1-3-9-7-5-4-6-8(9)2;1-3-2;1-2/h20-23H,7-16H2,1-6H3;5,7-9,16-22H,4,6,10-15H2,1-3H3;6,8-10H,5,7H2,1-4H3;2*4-5,7,10-11H,2-3,6,8-9H2,1H3;4-7H,3H2,1-2H3;3H2,1-2H3;1-2H3. The molecule has 7 fully saturated rings. The van der Waals surface area contributed by atoms with Crippen molar-refractivity contribution in [3.05, 3.63) is 178 Å². The molecule has 2 aromatic rings. The lowest BCUT2D eigenvalue weighted by Crippen LogP contribution is -2.33. The molecule has 2 aromatic carbocycles. The van der Waals surface area contributed by atoms with Crippen LogP contribution in [0.2, 0.25) is 0 Å². The van der Waals surface area contributed by atoms with Crippen LogP contribution in [0.25, 0.3) is 0 Å². The van der Waals surface area contributed by atoms with Gasteiger partial charge >= 0.3 is 0 Å². The second-order valence-electron chi connectivity index (χ2n) is 30.4. The Labute approximate surface area is 601 Å². The topological polar surface area (TPSA) is 0 Å². The predicted molar refractivity (Wildman–Crippen MR) is 438 cm³/mol. The van der Waals surface area contributed by atoms with E-state index in [1.54, 1.807) is 39.8 Å². The first kappa shape index (κ1) is 88.2. The first-order chi connectivity index (χ1) is 46.5. The van der Waals surface area contributed by atoms with Crippen molar-refractivity contribution in [1.82, 2.24) is 0 Å². The Morgan fingerprint density at radius 3 is 1.51 bits per heavy atom. The van der Waals surface area contributed by atoms with Crippen LogP contribution in [0.1, 0.15) is 341 Å². The van der Waals surface area contributed by atoms with Gasteiger partial charge in [0.2, 0.25) is 0 Å². The lowest BCUT2D eigenvalue weighted by Gasteiger charge is -2.41. The van der Waals surface area contributed by atoms with Gasteiger partial charge < -0.3 is 0 Å². The minimum atomic E-state index is 0.762. The molecule has 7 saturated carbocycles. The zero-order chi connectivity index (χ0) is 71.4. The summed E-state index contributed by atoms with van der Waals surface area (Å²) in [6.07, 6.45) is 73.2. The van der Waals surface area contributed by atoms with E-state index in [2.05, 4.69) is 247 Å². The highest BCUT2D eigenvalue weighted by Gasteiger charge is 2.50. The molecular formula is C96H160. The molecule has 0 heteroatoms. The largest absolute Gasteiger partial charge is 0.103 e. The van der Waals surface area contributed by atoms with E-state index < -0.39 is 0 Å². The molecule has 7 aliphatic carbocycles. The summed E-state index contributed by atoms with van der Waals surface area (Å²) in [6, 6.07) is 8.49. The van der Waals surface area contributed by atoms with Gasteiger partial charge in [-0.05, 0) is 335 Å². The highest BCUT2D eigenvalue weighted by molar-refractivity contribution is 5.52. The van der Waals surface area contributed by atoms with Crippen molar-refractivity contribution in [3.63, 3.8) is 0 Å². The van der Waals surface area contributed by atoms with E-state index in [1.165, 1.54) is 202 Å². The minimum Gasteiger partial charge on any atom is -0.103 e. The quantitative estimate of drug-likeness (QED) is 0.0863. The number of aryl methyl sites for hydroxylation is 2. The highest BCUT2D eigenvalue weighted by Crippen LogP contribution is 2.59. The minimum absolute atomic E-state index is 0.762. The Morgan fingerprint density at radius 1 is 0.469 bits per heavy atom. The van der Waals surface area contributed by atoms with Gasteiger partial charge in [0.1, 0.15) is 0 Å². The summed E-state index contributed by atoms with van der Waals surface area (Å²) >= 11 is 0. The number of hydrogen-bond acceptors (Lipinski definition) is 0. The Morgan fingerprint density at radius 2 is 1.01 bits per heavy atom. The normalized spacial score (nSPS) is 28.2. The van der Waals surface area contributed by atoms with E-state index in [1.807, 2.05) is 20.8 Å². The molecule has 0 nitrogen and oxygen atoms in total. The smallest absolute Gasteiger partial charge is 0.0139 e. The van der Waals surface area contributed by atoms with Crippen LogP contribution in [0.3, 0.4) is 0 Å². The molecule has 15 unspecified atom stereocenters. The molecule has 0 heterocycles. The van der Waals surface area contributed by atoms with Gasteiger partial charge in [0.15, 0.2) is 0 Å². The van der Waals surface area contributed by atoms with Crippen molar-refractivity contribution in [2.75, 3.05) is 0 Å². The van der Waals surface area contributed by atoms with Gasteiger partial charge in [-0.2, -0.15) is 0 Å². The van der Waals surface area contributed by atoms with Crippen LogP contribution in [0, 0.1) is 111 Å². The van der Waals surface area contributed by atoms with Gasteiger partial charge in [0.05, 0.1) is 0 Å². The third-order valence-corrected chi connectivity index (χ3v) is 24.1. The van der Waals surface area contributed by atoms with Crippen LogP contribution in [-0.2, 0) is 19.3 Å². The molecule has 0 N–H and O–H groups in total. The molecule has 0 bridgehead atoms. The third-order valence-electron chi connectivity index (χ3n) is 24.1. The van der Waals surface area contributed by atoms with E-state index in [4.69, 9.17) is 0 Å². The second-order valence-corrected chi connectivity index (χ2v) is 30.4. The molecule has 15 atom stereocenters. The van der Waals surface area contributed by atoms with Crippen LogP contribution in [-0.4, -0.2) is 0 Å². The Balaban J connectivity index is 0.000000404. The monoisotopic (exact) mass is 1310 g/mol. The molecule has 9 rings (SSSR count). The highest BCUT2D eigenvalue weighted by atomic mass is 14.6. The summed E-state index contributed by atoms with van der Waals surface area (Å²) in [5, 5.41) is 0. The van der Waals surface area contributed by atoms with Crippen molar-refractivity contribution in [2.45, 2.75) is 344 Å². The number of fused-ring (bicyclic) bond motifs is 4. The van der Waals surface area contributed by atoms with Crippen molar-refractivity contribution >= 4 is 0 Å². The molecular weight excluding hydrogens is 1150 g/mol. The van der Waals surface area contributed by atoms with Crippen molar-refractivity contribution < 1.29 is 0 Å². The van der Waals surface area contributed by atoms with Crippen molar-refractivity contribution in [3.8, 4) is 0 Å². The van der Waals surface area contributed by atoms with E-state index in [-0.39, 0.29) is 0 Å². The zero-order valence-electron chi connectivity index (χ0n) is 67.7. The number of rotatable bonds is 21. The molecule has 0 spiro atoms. The average Bonchev–Trinajstić information content (AvgIpc) is 0.880. The van der Waals surface area contributed by atoms with Crippen LogP contribution in [0.4, 0.5) is 0 Å². The lowest BCUT2D eigenvalue weighted by atomic mass is 9.64. The number of unbranched alkanes of at least 4 members (excludes halogenated alkanes) is 2.